The third-order valence-electron chi connectivity index (χ3n) is 3.96. The molecule has 1 aromatic carbocycles. The number of aliphatic hydroxyl groups excluding tert-OH is 1. The third-order valence-corrected chi connectivity index (χ3v) is 4.65. The summed E-state index contributed by atoms with van der Waals surface area (Å²) in [5.74, 6) is 0. The normalized spacial score (nSPS) is 18.7. The minimum Gasteiger partial charge on any atom is -0.389 e. The summed E-state index contributed by atoms with van der Waals surface area (Å²) >= 11 is 3.55. The zero-order valence-corrected chi connectivity index (χ0v) is 12.8. The molecule has 1 fully saturated rings. The van der Waals surface area contributed by atoms with Gasteiger partial charge in [0.1, 0.15) is 0 Å². The number of anilines is 1. The summed E-state index contributed by atoms with van der Waals surface area (Å²) in [7, 11) is 2.18. The molecule has 2 nitrogen and oxygen atoms in total. The molecule has 2 rings (SSSR count). The van der Waals surface area contributed by atoms with Gasteiger partial charge in [0.25, 0.3) is 0 Å². The average Bonchev–Trinajstić information content (AvgIpc) is 2.38. The molecule has 0 bridgehead atoms. The highest BCUT2D eigenvalue weighted by Gasteiger charge is 2.19. The monoisotopic (exact) mass is 311 g/mol. The molecule has 1 aliphatic carbocycles. The van der Waals surface area contributed by atoms with Gasteiger partial charge in [-0.05, 0) is 37.5 Å². The fourth-order valence-corrected chi connectivity index (χ4v) is 3.45. The Labute approximate surface area is 118 Å². The quantitative estimate of drug-likeness (QED) is 0.901. The Hall–Kier alpha value is -0.540. The molecule has 1 aliphatic rings. The van der Waals surface area contributed by atoms with Crippen LogP contribution in [0, 0.1) is 0 Å². The van der Waals surface area contributed by atoms with Crippen molar-refractivity contribution in [3.63, 3.8) is 0 Å². The Bertz CT molecular complexity index is 399. The van der Waals surface area contributed by atoms with E-state index in [1.807, 2.05) is 6.07 Å². The number of hydrogen-bond acceptors (Lipinski definition) is 2. The topological polar surface area (TPSA) is 23.5 Å². The number of nitrogens with zero attached hydrogens (tertiary/aromatic N) is 1. The van der Waals surface area contributed by atoms with E-state index in [-0.39, 0.29) is 0 Å². The zero-order valence-electron chi connectivity index (χ0n) is 11.2. The Morgan fingerprint density at radius 1 is 1.28 bits per heavy atom. The molecule has 1 N–H and O–H groups in total. The minimum absolute atomic E-state index is 0.423. The van der Waals surface area contributed by atoms with Crippen molar-refractivity contribution in [2.45, 2.75) is 51.2 Å². The highest BCUT2D eigenvalue weighted by molar-refractivity contribution is 9.10. The predicted molar refractivity (Wildman–Crippen MR) is 80.1 cm³/mol. The first-order valence-corrected chi connectivity index (χ1v) is 7.59. The van der Waals surface area contributed by atoms with E-state index in [1.54, 1.807) is 6.92 Å². The van der Waals surface area contributed by atoms with Crippen molar-refractivity contribution >= 4 is 21.6 Å². The lowest BCUT2D eigenvalue weighted by molar-refractivity contribution is 0.198. The SMILES string of the molecule is C[C@H](O)c1ccc(N(C)C2CCCCC2)cc1Br. The van der Waals surface area contributed by atoms with Crippen molar-refractivity contribution in [1.82, 2.24) is 0 Å². The van der Waals surface area contributed by atoms with Crippen molar-refractivity contribution in [3.05, 3.63) is 28.2 Å². The molecule has 3 heteroatoms. The van der Waals surface area contributed by atoms with Crippen molar-refractivity contribution in [1.29, 1.82) is 0 Å². The predicted octanol–water partition coefficient (Wildman–Crippen LogP) is 4.27. The molecular weight excluding hydrogens is 290 g/mol. The smallest absolute Gasteiger partial charge is 0.0772 e. The summed E-state index contributed by atoms with van der Waals surface area (Å²) in [5, 5.41) is 9.64. The molecule has 0 heterocycles. The standard InChI is InChI=1S/C15H22BrNO/c1-11(18)14-9-8-13(10-15(14)16)17(2)12-6-4-3-5-7-12/h8-12,18H,3-7H2,1-2H3/t11-/m0/s1. The maximum absolute atomic E-state index is 9.64. The molecular formula is C15H22BrNO. The Kier molecular flexibility index (Phi) is 4.68. The van der Waals surface area contributed by atoms with Crippen LogP contribution < -0.4 is 4.90 Å². The van der Waals surface area contributed by atoms with Crippen LogP contribution in [-0.4, -0.2) is 18.2 Å². The molecule has 1 aromatic rings. The summed E-state index contributed by atoms with van der Waals surface area (Å²) in [6.07, 6.45) is 6.26. The van der Waals surface area contributed by atoms with Gasteiger partial charge in [-0.2, -0.15) is 0 Å². The Balaban J connectivity index is 2.15. The first kappa shape index (κ1) is 13.9. The third kappa shape index (κ3) is 3.07. The van der Waals surface area contributed by atoms with Gasteiger partial charge in [0, 0.05) is 23.2 Å². The maximum atomic E-state index is 9.64. The summed E-state index contributed by atoms with van der Waals surface area (Å²) in [4.78, 5) is 2.38. The van der Waals surface area contributed by atoms with Gasteiger partial charge in [0.2, 0.25) is 0 Å². The van der Waals surface area contributed by atoms with Gasteiger partial charge >= 0.3 is 0 Å². The first-order chi connectivity index (χ1) is 8.59. The molecule has 18 heavy (non-hydrogen) atoms. The van der Waals surface area contributed by atoms with Gasteiger partial charge in [-0.15, -0.1) is 0 Å². The molecule has 100 valence electrons. The van der Waals surface area contributed by atoms with Crippen LogP contribution >= 0.6 is 15.9 Å². The summed E-state index contributed by atoms with van der Waals surface area (Å²) in [6, 6.07) is 6.92. The van der Waals surface area contributed by atoms with Crippen molar-refractivity contribution < 1.29 is 5.11 Å². The number of hydrogen-bond donors (Lipinski definition) is 1. The van der Waals surface area contributed by atoms with Crippen molar-refractivity contribution in [3.8, 4) is 0 Å². The van der Waals surface area contributed by atoms with Gasteiger partial charge in [-0.25, -0.2) is 0 Å². The second kappa shape index (κ2) is 6.07. The van der Waals surface area contributed by atoms with Crippen LogP contribution in [0.3, 0.4) is 0 Å². The summed E-state index contributed by atoms with van der Waals surface area (Å²) in [6.45, 7) is 1.80. The van der Waals surface area contributed by atoms with Crippen LogP contribution in [0.1, 0.15) is 50.7 Å². The number of rotatable bonds is 3. The van der Waals surface area contributed by atoms with E-state index in [9.17, 15) is 5.11 Å². The Morgan fingerprint density at radius 2 is 1.94 bits per heavy atom. The van der Waals surface area contributed by atoms with Gasteiger partial charge in [0.05, 0.1) is 6.10 Å². The second-order valence-corrected chi connectivity index (χ2v) is 6.14. The molecule has 0 amide bonds. The highest BCUT2D eigenvalue weighted by Crippen LogP contribution is 2.31. The van der Waals surface area contributed by atoms with Crippen LogP contribution in [0.15, 0.2) is 22.7 Å². The van der Waals surface area contributed by atoms with E-state index in [0.717, 1.165) is 10.0 Å². The summed E-state index contributed by atoms with van der Waals surface area (Å²) < 4.78 is 0.998. The lowest BCUT2D eigenvalue weighted by Gasteiger charge is -2.33. The first-order valence-electron chi connectivity index (χ1n) is 6.80. The molecule has 0 radical (unpaired) electrons. The van der Waals surface area contributed by atoms with E-state index in [2.05, 4.69) is 40.0 Å². The van der Waals surface area contributed by atoms with Crippen LogP contribution in [0.2, 0.25) is 0 Å². The largest absolute Gasteiger partial charge is 0.389 e. The molecule has 1 atom stereocenters. The van der Waals surface area contributed by atoms with E-state index >= 15 is 0 Å². The fraction of sp³-hybridized carbons (Fsp3) is 0.600. The van der Waals surface area contributed by atoms with Crippen LogP contribution in [0.4, 0.5) is 5.69 Å². The molecule has 1 saturated carbocycles. The maximum Gasteiger partial charge on any atom is 0.0772 e. The number of aliphatic hydroxyl groups is 1. The Morgan fingerprint density at radius 3 is 2.50 bits per heavy atom. The van der Waals surface area contributed by atoms with Crippen LogP contribution in [0.5, 0.6) is 0 Å². The minimum atomic E-state index is -0.423. The lowest BCUT2D eigenvalue weighted by Crippen LogP contribution is -2.33. The van der Waals surface area contributed by atoms with Crippen LogP contribution in [0.25, 0.3) is 0 Å². The molecule has 0 aromatic heterocycles. The van der Waals surface area contributed by atoms with E-state index in [4.69, 9.17) is 0 Å². The number of benzene rings is 1. The molecule has 0 saturated heterocycles. The van der Waals surface area contributed by atoms with E-state index in [1.165, 1.54) is 37.8 Å². The molecule has 0 aliphatic heterocycles. The highest BCUT2D eigenvalue weighted by atomic mass is 79.9. The molecule has 0 spiro atoms. The van der Waals surface area contributed by atoms with Gasteiger partial charge in [-0.1, -0.05) is 41.3 Å². The zero-order chi connectivity index (χ0) is 13.1. The summed E-state index contributed by atoms with van der Waals surface area (Å²) in [5.41, 5.74) is 2.19. The van der Waals surface area contributed by atoms with Crippen molar-refractivity contribution in [2.24, 2.45) is 0 Å². The second-order valence-electron chi connectivity index (χ2n) is 5.28. The van der Waals surface area contributed by atoms with E-state index < -0.39 is 6.10 Å². The van der Waals surface area contributed by atoms with E-state index in [0.29, 0.717) is 6.04 Å². The molecule has 0 unspecified atom stereocenters. The van der Waals surface area contributed by atoms with Gasteiger partial charge < -0.3 is 10.0 Å². The van der Waals surface area contributed by atoms with Crippen molar-refractivity contribution in [2.75, 3.05) is 11.9 Å². The van der Waals surface area contributed by atoms with Gasteiger partial charge in [-0.3, -0.25) is 0 Å². The van der Waals surface area contributed by atoms with Gasteiger partial charge in [0.15, 0.2) is 0 Å². The fourth-order valence-electron chi connectivity index (χ4n) is 2.75. The average molecular weight is 312 g/mol. The van der Waals surface area contributed by atoms with Crippen LogP contribution in [-0.2, 0) is 0 Å². The number of halogens is 1. The lowest BCUT2D eigenvalue weighted by atomic mass is 9.94.